The van der Waals surface area contributed by atoms with E-state index in [0.717, 1.165) is 24.1 Å². The van der Waals surface area contributed by atoms with Crippen LogP contribution in [0.3, 0.4) is 0 Å². The summed E-state index contributed by atoms with van der Waals surface area (Å²) in [5.74, 6) is 0. The summed E-state index contributed by atoms with van der Waals surface area (Å²) in [6.45, 7) is 0. The number of rotatable bonds is 5. The van der Waals surface area contributed by atoms with Crippen LogP contribution in [0.25, 0.3) is 0 Å². The number of benzene rings is 1. The molecule has 3 nitrogen and oxygen atoms in total. The summed E-state index contributed by atoms with van der Waals surface area (Å²) in [6, 6.07) is 12.5. The van der Waals surface area contributed by atoms with Crippen molar-refractivity contribution in [3.8, 4) is 0 Å². The molecule has 0 amide bonds. The Hall–Kier alpha value is -1.61. The van der Waals surface area contributed by atoms with Gasteiger partial charge in [-0.05, 0) is 37.3 Å². The van der Waals surface area contributed by atoms with Crippen LogP contribution in [0.4, 0.5) is 0 Å². The third-order valence-electron chi connectivity index (χ3n) is 4.22. The Morgan fingerprint density at radius 2 is 1.90 bits per heavy atom. The van der Waals surface area contributed by atoms with Crippen LogP contribution in [0.5, 0.6) is 0 Å². The zero-order valence-corrected chi connectivity index (χ0v) is 11.8. The molecular formula is C17H22N2O. The highest BCUT2D eigenvalue weighted by Gasteiger charge is 2.17. The fourth-order valence-corrected chi connectivity index (χ4v) is 3.01. The van der Waals surface area contributed by atoms with Crippen LogP contribution >= 0.6 is 0 Å². The predicted octanol–water partition coefficient (Wildman–Crippen LogP) is 3.66. The number of hydrogen-bond donors (Lipinski definition) is 1. The van der Waals surface area contributed by atoms with E-state index in [1.54, 1.807) is 0 Å². The van der Waals surface area contributed by atoms with E-state index >= 15 is 0 Å². The molecule has 1 aliphatic rings. The molecule has 1 aromatic heterocycles. The maximum Gasteiger partial charge on any atom is 0.0793 e. The van der Waals surface area contributed by atoms with Crippen molar-refractivity contribution >= 4 is 0 Å². The van der Waals surface area contributed by atoms with E-state index in [9.17, 15) is 5.11 Å². The van der Waals surface area contributed by atoms with E-state index in [1.807, 2.05) is 30.3 Å². The van der Waals surface area contributed by atoms with Gasteiger partial charge in [0.15, 0.2) is 0 Å². The zero-order valence-electron chi connectivity index (χ0n) is 11.8. The molecule has 2 aromatic rings. The van der Waals surface area contributed by atoms with Crippen LogP contribution < -0.4 is 0 Å². The van der Waals surface area contributed by atoms with Gasteiger partial charge in [0, 0.05) is 6.20 Å². The van der Waals surface area contributed by atoms with Gasteiger partial charge in [-0.15, -0.1) is 0 Å². The molecule has 0 aliphatic heterocycles. The molecule has 1 aliphatic carbocycles. The Balaban J connectivity index is 1.56. The van der Waals surface area contributed by atoms with Gasteiger partial charge in [-0.2, -0.15) is 5.10 Å². The average molecular weight is 270 g/mol. The van der Waals surface area contributed by atoms with Crippen LogP contribution in [0.2, 0.25) is 0 Å². The minimum atomic E-state index is -0.396. The van der Waals surface area contributed by atoms with Crippen molar-refractivity contribution in [2.45, 2.75) is 50.7 Å². The van der Waals surface area contributed by atoms with Gasteiger partial charge in [-0.1, -0.05) is 43.2 Å². The molecule has 1 aromatic carbocycles. The molecule has 0 saturated heterocycles. The second kappa shape index (κ2) is 6.23. The minimum Gasteiger partial charge on any atom is -0.388 e. The molecular weight excluding hydrogens is 248 g/mol. The number of aliphatic hydroxyl groups excluding tert-OH is 1. The molecule has 1 saturated carbocycles. The highest BCUT2D eigenvalue weighted by Crippen LogP contribution is 2.29. The Labute approximate surface area is 120 Å². The number of aryl methyl sites for hydroxylation is 1. The van der Waals surface area contributed by atoms with Gasteiger partial charge in [0.05, 0.1) is 17.8 Å². The van der Waals surface area contributed by atoms with Gasteiger partial charge in [0.2, 0.25) is 0 Å². The molecule has 0 spiro atoms. The topological polar surface area (TPSA) is 38.0 Å². The lowest BCUT2D eigenvalue weighted by Gasteiger charge is -2.10. The average Bonchev–Trinajstić information content (AvgIpc) is 3.16. The Morgan fingerprint density at radius 1 is 1.15 bits per heavy atom. The number of aliphatic hydroxyl groups is 1. The summed E-state index contributed by atoms with van der Waals surface area (Å²) < 4.78 is 2.12. The smallest absolute Gasteiger partial charge is 0.0793 e. The van der Waals surface area contributed by atoms with E-state index in [0.29, 0.717) is 6.04 Å². The predicted molar refractivity (Wildman–Crippen MR) is 79.5 cm³/mol. The molecule has 106 valence electrons. The normalized spacial score (nSPS) is 17.4. The van der Waals surface area contributed by atoms with Crippen molar-refractivity contribution in [3.63, 3.8) is 0 Å². The third-order valence-corrected chi connectivity index (χ3v) is 4.22. The molecule has 0 radical (unpaired) electrons. The van der Waals surface area contributed by atoms with Crippen LogP contribution in [0, 0.1) is 0 Å². The Kier molecular flexibility index (Phi) is 4.16. The number of aromatic nitrogens is 2. The maximum absolute atomic E-state index is 10.2. The molecule has 1 fully saturated rings. The van der Waals surface area contributed by atoms with Crippen LogP contribution in [-0.4, -0.2) is 14.9 Å². The van der Waals surface area contributed by atoms with Crippen LogP contribution in [0.1, 0.15) is 55.5 Å². The first-order chi connectivity index (χ1) is 9.83. The highest BCUT2D eigenvalue weighted by molar-refractivity contribution is 5.17. The first kappa shape index (κ1) is 13.4. The molecule has 1 atom stereocenters. The lowest BCUT2D eigenvalue weighted by molar-refractivity contribution is 0.167. The molecule has 3 heteroatoms. The summed E-state index contributed by atoms with van der Waals surface area (Å²) in [7, 11) is 0. The molecule has 1 heterocycles. The first-order valence-corrected chi connectivity index (χ1v) is 7.60. The molecule has 1 unspecified atom stereocenters. The first-order valence-electron chi connectivity index (χ1n) is 7.60. The van der Waals surface area contributed by atoms with E-state index in [-0.39, 0.29) is 0 Å². The summed E-state index contributed by atoms with van der Waals surface area (Å²) in [6.07, 6.45) is 8.43. The monoisotopic (exact) mass is 270 g/mol. The lowest BCUT2D eigenvalue weighted by atomic mass is 10.0. The fourth-order valence-electron chi connectivity index (χ4n) is 3.01. The summed E-state index contributed by atoms with van der Waals surface area (Å²) >= 11 is 0. The van der Waals surface area contributed by atoms with Gasteiger partial charge in [-0.25, -0.2) is 0 Å². The van der Waals surface area contributed by atoms with Gasteiger partial charge in [0.1, 0.15) is 0 Å². The van der Waals surface area contributed by atoms with Gasteiger partial charge >= 0.3 is 0 Å². The van der Waals surface area contributed by atoms with Crippen molar-refractivity contribution in [3.05, 3.63) is 53.9 Å². The van der Waals surface area contributed by atoms with E-state index in [2.05, 4.69) is 22.0 Å². The molecule has 3 rings (SSSR count). The van der Waals surface area contributed by atoms with E-state index in [4.69, 9.17) is 0 Å². The lowest BCUT2D eigenvalue weighted by Crippen LogP contribution is -2.06. The Bertz CT molecular complexity index is 529. The van der Waals surface area contributed by atoms with Gasteiger partial charge in [0.25, 0.3) is 0 Å². The molecule has 0 bridgehead atoms. The van der Waals surface area contributed by atoms with Gasteiger partial charge < -0.3 is 5.11 Å². The second-order valence-corrected chi connectivity index (χ2v) is 5.69. The van der Waals surface area contributed by atoms with Crippen molar-refractivity contribution in [1.29, 1.82) is 0 Å². The quantitative estimate of drug-likeness (QED) is 0.900. The van der Waals surface area contributed by atoms with E-state index in [1.165, 1.54) is 25.7 Å². The van der Waals surface area contributed by atoms with Crippen molar-refractivity contribution in [2.24, 2.45) is 0 Å². The van der Waals surface area contributed by atoms with Crippen LogP contribution in [-0.2, 0) is 6.42 Å². The third kappa shape index (κ3) is 3.10. The summed E-state index contributed by atoms with van der Waals surface area (Å²) in [5.41, 5.74) is 2.08. The van der Waals surface area contributed by atoms with Crippen molar-refractivity contribution < 1.29 is 5.11 Å². The summed E-state index contributed by atoms with van der Waals surface area (Å²) in [5, 5.41) is 14.8. The largest absolute Gasteiger partial charge is 0.388 e. The summed E-state index contributed by atoms with van der Waals surface area (Å²) in [4.78, 5) is 0. The highest BCUT2D eigenvalue weighted by atomic mass is 16.3. The SMILES string of the molecule is OC(CCc1ccn(C2CCCC2)n1)c1ccccc1. The molecule has 1 N–H and O–H groups in total. The number of hydrogen-bond acceptors (Lipinski definition) is 2. The van der Waals surface area contributed by atoms with Crippen molar-refractivity contribution in [2.75, 3.05) is 0 Å². The van der Waals surface area contributed by atoms with E-state index < -0.39 is 6.10 Å². The minimum absolute atomic E-state index is 0.396. The number of nitrogens with zero attached hydrogens (tertiary/aromatic N) is 2. The fraction of sp³-hybridized carbons (Fsp3) is 0.471. The molecule has 20 heavy (non-hydrogen) atoms. The standard InChI is InChI=1S/C17H22N2O/c20-17(14-6-2-1-3-7-14)11-10-15-12-13-19(18-15)16-8-4-5-9-16/h1-3,6-7,12-13,16-17,20H,4-5,8-11H2. The van der Waals surface area contributed by atoms with Crippen LogP contribution in [0.15, 0.2) is 42.6 Å². The maximum atomic E-state index is 10.2. The Morgan fingerprint density at radius 3 is 2.65 bits per heavy atom. The van der Waals surface area contributed by atoms with Gasteiger partial charge in [-0.3, -0.25) is 4.68 Å². The second-order valence-electron chi connectivity index (χ2n) is 5.69. The van der Waals surface area contributed by atoms with Crippen molar-refractivity contribution in [1.82, 2.24) is 9.78 Å². The zero-order chi connectivity index (χ0) is 13.8.